The molecule has 0 aliphatic carbocycles. The number of aliphatic hydroxyl groups is 1. The van der Waals surface area contributed by atoms with Gasteiger partial charge >= 0.3 is 0 Å². The Morgan fingerprint density at radius 1 is 1.00 bits per heavy atom. The van der Waals surface area contributed by atoms with Crippen molar-refractivity contribution in [2.24, 2.45) is 0 Å². The van der Waals surface area contributed by atoms with Gasteiger partial charge in [0.2, 0.25) is 5.91 Å². The number of phenolic OH excluding ortho intramolecular Hbond substituents is 1. The number of rotatable bonds is 6. The number of carbonyl (C=O) groups is 1. The summed E-state index contributed by atoms with van der Waals surface area (Å²) in [6.45, 7) is -0.101. The molecule has 0 heterocycles. The molecular weight excluding hydrogens is 266 g/mol. The molecule has 21 heavy (non-hydrogen) atoms. The molecule has 1 unspecified atom stereocenters. The monoisotopic (exact) mass is 285 g/mol. The zero-order valence-corrected chi connectivity index (χ0v) is 11.7. The number of hydrogen-bond donors (Lipinski definition) is 3. The first kappa shape index (κ1) is 15.1. The Labute approximate surface area is 124 Å². The summed E-state index contributed by atoms with van der Waals surface area (Å²) >= 11 is 0. The predicted octanol–water partition coefficient (Wildman–Crippen LogP) is 1.65. The highest BCUT2D eigenvalue weighted by Gasteiger charge is 2.12. The zero-order valence-electron chi connectivity index (χ0n) is 11.7. The van der Waals surface area contributed by atoms with E-state index >= 15 is 0 Å². The lowest BCUT2D eigenvalue weighted by Gasteiger charge is -2.16. The largest absolute Gasteiger partial charge is 0.508 e. The Morgan fingerprint density at radius 2 is 1.67 bits per heavy atom. The van der Waals surface area contributed by atoms with Crippen molar-refractivity contribution < 1.29 is 15.0 Å². The molecule has 0 fully saturated rings. The highest BCUT2D eigenvalue weighted by molar-refractivity contribution is 5.78. The average molecular weight is 285 g/mol. The molecule has 1 atom stereocenters. The molecule has 0 bridgehead atoms. The molecule has 4 nitrogen and oxygen atoms in total. The quantitative estimate of drug-likeness (QED) is 0.756. The number of aromatic hydroxyl groups is 1. The summed E-state index contributed by atoms with van der Waals surface area (Å²) in [4.78, 5) is 12.0. The fraction of sp³-hybridized carbons (Fsp3) is 0.235. The molecule has 2 aromatic carbocycles. The van der Waals surface area contributed by atoms with Crippen molar-refractivity contribution in [3.8, 4) is 5.75 Å². The van der Waals surface area contributed by atoms with Crippen molar-refractivity contribution in [3.63, 3.8) is 0 Å². The first-order valence-corrected chi connectivity index (χ1v) is 6.89. The van der Waals surface area contributed by atoms with Crippen molar-refractivity contribution in [1.82, 2.24) is 5.32 Å². The Bertz CT molecular complexity index is 566. The molecule has 2 rings (SSSR count). The average Bonchev–Trinajstić information content (AvgIpc) is 2.50. The van der Waals surface area contributed by atoms with Crippen LogP contribution >= 0.6 is 0 Å². The Kier molecular flexibility index (Phi) is 5.35. The van der Waals surface area contributed by atoms with Crippen LogP contribution in [0.25, 0.3) is 0 Å². The molecular formula is C17H19NO3. The van der Waals surface area contributed by atoms with E-state index in [1.54, 1.807) is 24.3 Å². The number of carbonyl (C=O) groups excluding carboxylic acids is 1. The van der Waals surface area contributed by atoms with Gasteiger partial charge in [-0.15, -0.1) is 0 Å². The second-order valence-corrected chi connectivity index (χ2v) is 4.98. The van der Waals surface area contributed by atoms with Gasteiger partial charge in [-0.25, -0.2) is 0 Å². The zero-order chi connectivity index (χ0) is 15.1. The van der Waals surface area contributed by atoms with Gasteiger partial charge in [0.25, 0.3) is 0 Å². The normalized spacial score (nSPS) is 11.9. The van der Waals surface area contributed by atoms with E-state index in [-0.39, 0.29) is 30.7 Å². The minimum Gasteiger partial charge on any atom is -0.508 e. The van der Waals surface area contributed by atoms with Crippen LogP contribution in [0.4, 0.5) is 0 Å². The molecule has 4 heteroatoms. The van der Waals surface area contributed by atoms with E-state index in [9.17, 15) is 15.0 Å². The SMILES string of the molecule is O=C(Cc1ccc(O)cc1)NC(CO)Cc1ccccc1. The van der Waals surface area contributed by atoms with Crippen LogP contribution in [0.2, 0.25) is 0 Å². The van der Waals surface area contributed by atoms with Gasteiger partial charge in [-0.2, -0.15) is 0 Å². The first-order chi connectivity index (χ1) is 10.2. The van der Waals surface area contributed by atoms with Crippen LogP contribution in [0, 0.1) is 0 Å². The van der Waals surface area contributed by atoms with Crippen molar-refractivity contribution in [2.45, 2.75) is 18.9 Å². The Hall–Kier alpha value is -2.33. The third-order valence-electron chi connectivity index (χ3n) is 3.21. The number of aliphatic hydroxyl groups excluding tert-OH is 1. The minimum absolute atomic E-state index is 0.101. The first-order valence-electron chi connectivity index (χ1n) is 6.89. The maximum Gasteiger partial charge on any atom is 0.224 e. The van der Waals surface area contributed by atoms with E-state index in [0.29, 0.717) is 6.42 Å². The standard InChI is InChI=1S/C17H19NO3/c19-12-15(10-13-4-2-1-3-5-13)18-17(21)11-14-6-8-16(20)9-7-14/h1-9,15,19-20H,10-12H2,(H,18,21). The Balaban J connectivity index is 1.89. The summed E-state index contributed by atoms with van der Waals surface area (Å²) in [5.74, 6) is 0.0344. The lowest BCUT2D eigenvalue weighted by Crippen LogP contribution is -2.39. The second-order valence-electron chi connectivity index (χ2n) is 4.98. The molecule has 0 saturated heterocycles. The fourth-order valence-electron chi connectivity index (χ4n) is 2.14. The third-order valence-corrected chi connectivity index (χ3v) is 3.21. The van der Waals surface area contributed by atoms with Gasteiger partial charge in [-0.3, -0.25) is 4.79 Å². The fourth-order valence-corrected chi connectivity index (χ4v) is 2.14. The van der Waals surface area contributed by atoms with Crippen LogP contribution < -0.4 is 5.32 Å². The molecule has 0 aromatic heterocycles. The van der Waals surface area contributed by atoms with Crippen LogP contribution in [-0.4, -0.2) is 28.8 Å². The van der Waals surface area contributed by atoms with Gasteiger partial charge in [-0.1, -0.05) is 42.5 Å². The summed E-state index contributed by atoms with van der Waals surface area (Å²) in [6, 6.07) is 16.0. The number of hydrogen-bond acceptors (Lipinski definition) is 3. The number of benzene rings is 2. The molecule has 2 aromatic rings. The summed E-state index contributed by atoms with van der Waals surface area (Å²) in [5, 5.41) is 21.4. The molecule has 110 valence electrons. The lowest BCUT2D eigenvalue weighted by molar-refractivity contribution is -0.121. The van der Waals surface area contributed by atoms with Crippen molar-refractivity contribution in [3.05, 3.63) is 65.7 Å². The molecule has 3 N–H and O–H groups in total. The Morgan fingerprint density at radius 3 is 2.29 bits per heavy atom. The number of amides is 1. The van der Waals surface area contributed by atoms with Gasteiger partial charge in [0.15, 0.2) is 0 Å². The van der Waals surface area contributed by atoms with Crippen LogP contribution in [0.1, 0.15) is 11.1 Å². The molecule has 0 spiro atoms. The molecule has 1 amide bonds. The minimum atomic E-state index is -0.294. The third kappa shape index (κ3) is 4.93. The van der Waals surface area contributed by atoms with Gasteiger partial charge in [0, 0.05) is 0 Å². The highest BCUT2D eigenvalue weighted by atomic mass is 16.3. The van der Waals surface area contributed by atoms with Gasteiger partial charge in [0.1, 0.15) is 5.75 Å². The number of phenols is 1. The highest BCUT2D eigenvalue weighted by Crippen LogP contribution is 2.10. The van der Waals surface area contributed by atoms with Gasteiger partial charge in [-0.05, 0) is 29.7 Å². The molecule has 0 saturated carbocycles. The van der Waals surface area contributed by atoms with E-state index < -0.39 is 0 Å². The maximum atomic E-state index is 12.0. The van der Waals surface area contributed by atoms with Crippen LogP contribution in [0.3, 0.4) is 0 Å². The smallest absolute Gasteiger partial charge is 0.224 e. The second kappa shape index (κ2) is 7.45. The van der Waals surface area contributed by atoms with Crippen molar-refractivity contribution >= 4 is 5.91 Å². The van der Waals surface area contributed by atoms with Gasteiger partial charge in [0.05, 0.1) is 19.1 Å². The van der Waals surface area contributed by atoms with Crippen LogP contribution in [0.5, 0.6) is 5.75 Å². The molecule has 0 aliphatic heterocycles. The van der Waals surface area contributed by atoms with Crippen LogP contribution in [0.15, 0.2) is 54.6 Å². The predicted molar refractivity (Wildman–Crippen MR) is 81.0 cm³/mol. The van der Waals surface area contributed by atoms with E-state index in [1.807, 2.05) is 30.3 Å². The molecule has 0 aliphatic rings. The summed E-state index contributed by atoms with van der Waals surface area (Å²) < 4.78 is 0. The van der Waals surface area contributed by atoms with E-state index in [4.69, 9.17) is 0 Å². The summed E-state index contributed by atoms with van der Waals surface area (Å²) in [7, 11) is 0. The number of nitrogens with one attached hydrogen (secondary N) is 1. The van der Waals surface area contributed by atoms with Crippen molar-refractivity contribution in [1.29, 1.82) is 0 Å². The van der Waals surface area contributed by atoms with E-state index in [1.165, 1.54) is 0 Å². The van der Waals surface area contributed by atoms with Gasteiger partial charge < -0.3 is 15.5 Å². The maximum absolute atomic E-state index is 12.0. The summed E-state index contributed by atoms with van der Waals surface area (Å²) in [5.41, 5.74) is 1.89. The van der Waals surface area contributed by atoms with Crippen LogP contribution in [-0.2, 0) is 17.6 Å². The lowest BCUT2D eigenvalue weighted by atomic mass is 10.1. The topological polar surface area (TPSA) is 69.6 Å². The van der Waals surface area contributed by atoms with E-state index in [0.717, 1.165) is 11.1 Å². The van der Waals surface area contributed by atoms with E-state index in [2.05, 4.69) is 5.32 Å². The summed E-state index contributed by atoms with van der Waals surface area (Å²) in [6.07, 6.45) is 0.824. The van der Waals surface area contributed by atoms with Crippen molar-refractivity contribution in [2.75, 3.05) is 6.61 Å². The molecule has 0 radical (unpaired) electrons.